The molecule has 26 heavy (non-hydrogen) atoms. The van der Waals surface area contributed by atoms with E-state index >= 15 is 0 Å². The molecule has 0 unspecified atom stereocenters. The molecule has 3 N–H and O–H groups in total. The van der Waals surface area contributed by atoms with Crippen molar-refractivity contribution >= 4 is 51.8 Å². The third-order valence-corrected chi connectivity index (χ3v) is 4.15. The van der Waals surface area contributed by atoms with Gasteiger partial charge in [-0.1, -0.05) is 15.9 Å². The van der Waals surface area contributed by atoms with Crippen LogP contribution in [0.3, 0.4) is 0 Å². The maximum Gasteiger partial charge on any atom is 0.251 e. The van der Waals surface area contributed by atoms with E-state index < -0.39 is 0 Å². The molecule has 142 valence electrons. The Morgan fingerprint density at radius 1 is 1.15 bits per heavy atom. The Morgan fingerprint density at radius 3 is 2.46 bits per heavy atom. The normalized spacial score (nSPS) is 10.8. The van der Waals surface area contributed by atoms with E-state index in [4.69, 9.17) is 0 Å². The van der Waals surface area contributed by atoms with Gasteiger partial charge in [0.2, 0.25) is 0 Å². The summed E-state index contributed by atoms with van der Waals surface area (Å²) in [7, 11) is 3.63. The number of nitrogens with zero attached hydrogens (tertiary/aromatic N) is 3. The van der Waals surface area contributed by atoms with Gasteiger partial charge in [0.15, 0.2) is 5.96 Å². The number of guanidine groups is 1. The van der Waals surface area contributed by atoms with Crippen molar-refractivity contribution in [2.45, 2.75) is 13.0 Å². The van der Waals surface area contributed by atoms with Gasteiger partial charge in [-0.25, -0.2) is 0 Å². The van der Waals surface area contributed by atoms with Crippen LogP contribution in [0.5, 0.6) is 0 Å². The van der Waals surface area contributed by atoms with E-state index in [1.54, 1.807) is 25.4 Å². The predicted octanol–water partition coefficient (Wildman–Crippen LogP) is 2.29. The standard InChI is InChI=1S/C17H23BrN6O.HI/c1-19-17(22-12-15-8-11-23-24(15)2)21-10-3-9-20-16(25)13-4-6-14(18)7-5-13;/h4-8,11H,3,9-10,12H2,1-2H3,(H,20,25)(H2,19,21,22);1H. The number of benzene rings is 1. The summed E-state index contributed by atoms with van der Waals surface area (Å²) in [6, 6.07) is 9.25. The number of amides is 1. The topological polar surface area (TPSA) is 83.3 Å². The summed E-state index contributed by atoms with van der Waals surface area (Å²) in [5.41, 5.74) is 1.73. The van der Waals surface area contributed by atoms with Gasteiger partial charge < -0.3 is 16.0 Å². The maximum atomic E-state index is 12.0. The van der Waals surface area contributed by atoms with Crippen LogP contribution in [-0.4, -0.2) is 41.8 Å². The molecule has 7 nitrogen and oxygen atoms in total. The average molecular weight is 535 g/mol. The van der Waals surface area contributed by atoms with Gasteiger partial charge in [0.25, 0.3) is 5.91 Å². The lowest BCUT2D eigenvalue weighted by Crippen LogP contribution is -2.38. The maximum absolute atomic E-state index is 12.0. The van der Waals surface area contributed by atoms with E-state index in [1.165, 1.54) is 0 Å². The van der Waals surface area contributed by atoms with Crippen molar-refractivity contribution in [1.82, 2.24) is 25.7 Å². The van der Waals surface area contributed by atoms with Crippen LogP contribution in [0, 0.1) is 0 Å². The zero-order chi connectivity index (χ0) is 18.1. The number of aryl methyl sites for hydroxylation is 1. The molecule has 9 heteroatoms. The first-order valence-electron chi connectivity index (χ1n) is 8.05. The second kappa shape index (κ2) is 11.9. The Kier molecular flexibility index (Phi) is 10.3. The van der Waals surface area contributed by atoms with Crippen molar-refractivity contribution < 1.29 is 4.79 Å². The second-order valence-corrected chi connectivity index (χ2v) is 6.33. The predicted molar refractivity (Wildman–Crippen MR) is 118 cm³/mol. The first kappa shape index (κ1) is 22.4. The second-order valence-electron chi connectivity index (χ2n) is 5.42. The molecule has 0 fully saturated rings. The monoisotopic (exact) mass is 534 g/mol. The van der Waals surface area contributed by atoms with E-state index in [-0.39, 0.29) is 29.9 Å². The van der Waals surface area contributed by atoms with Gasteiger partial charge in [-0.3, -0.25) is 14.5 Å². The van der Waals surface area contributed by atoms with Gasteiger partial charge in [-0.2, -0.15) is 5.10 Å². The molecule has 1 amide bonds. The Balaban J connectivity index is 0.00000338. The van der Waals surface area contributed by atoms with Crippen molar-refractivity contribution in [3.8, 4) is 0 Å². The zero-order valence-corrected chi connectivity index (χ0v) is 18.7. The summed E-state index contributed by atoms with van der Waals surface area (Å²) < 4.78 is 2.77. The number of carbonyl (C=O) groups excluding carboxylic acids is 1. The summed E-state index contributed by atoms with van der Waals surface area (Å²) in [6.07, 6.45) is 2.57. The van der Waals surface area contributed by atoms with Gasteiger partial charge in [0, 0.05) is 43.4 Å². The van der Waals surface area contributed by atoms with Crippen molar-refractivity contribution in [2.24, 2.45) is 12.0 Å². The Bertz CT molecular complexity index is 716. The molecule has 0 aliphatic carbocycles. The highest BCUT2D eigenvalue weighted by atomic mass is 127. The smallest absolute Gasteiger partial charge is 0.251 e. The van der Waals surface area contributed by atoms with E-state index in [9.17, 15) is 4.79 Å². The number of hydrogen-bond acceptors (Lipinski definition) is 3. The highest BCUT2D eigenvalue weighted by Gasteiger charge is 2.04. The minimum absolute atomic E-state index is 0. The number of aromatic nitrogens is 2. The van der Waals surface area contributed by atoms with Crippen molar-refractivity contribution in [3.05, 3.63) is 52.3 Å². The number of hydrogen-bond donors (Lipinski definition) is 3. The van der Waals surface area contributed by atoms with Crippen LogP contribution in [0.2, 0.25) is 0 Å². The fourth-order valence-electron chi connectivity index (χ4n) is 2.17. The fourth-order valence-corrected chi connectivity index (χ4v) is 2.43. The number of carbonyl (C=O) groups is 1. The number of aliphatic imine (C=N–C) groups is 1. The molecule has 0 atom stereocenters. The van der Waals surface area contributed by atoms with Crippen LogP contribution in [-0.2, 0) is 13.6 Å². The minimum Gasteiger partial charge on any atom is -0.356 e. The molecular weight excluding hydrogens is 511 g/mol. The molecular formula is C17H24BrIN6O. The lowest BCUT2D eigenvalue weighted by molar-refractivity contribution is 0.0953. The van der Waals surface area contributed by atoms with Gasteiger partial charge in [-0.15, -0.1) is 24.0 Å². The number of nitrogens with one attached hydrogen (secondary N) is 3. The third kappa shape index (κ3) is 7.32. The molecule has 0 aliphatic heterocycles. The van der Waals surface area contributed by atoms with Gasteiger partial charge >= 0.3 is 0 Å². The minimum atomic E-state index is -0.0637. The molecule has 0 radical (unpaired) electrons. The Labute approximate surface area is 179 Å². The third-order valence-electron chi connectivity index (χ3n) is 3.62. The van der Waals surface area contributed by atoms with Gasteiger partial charge in [0.05, 0.1) is 12.2 Å². The van der Waals surface area contributed by atoms with Gasteiger partial charge in [0.1, 0.15) is 0 Å². The van der Waals surface area contributed by atoms with E-state index in [1.807, 2.05) is 29.9 Å². The molecule has 2 rings (SSSR count). The molecule has 0 spiro atoms. The highest BCUT2D eigenvalue weighted by molar-refractivity contribution is 14.0. The van der Waals surface area contributed by atoms with E-state index in [0.717, 1.165) is 22.5 Å². The Morgan fingerprint density at radius 2 is 1.85 bits per heavy atom. The SMILES string of the molecule is CN=C(NCCCNC(=O)c1ccc(Br)cc1)NCc1ccnn1C.I. The first-order chi connectivity index (χ1) is 12.1. The largest absolute Gasteiger partial charge is 0.356 e. The molecule has 0 saturated heterocycles. The van der Waals surface area contributed by atoms with Crippen LogP contribution in [0.1, 0.15) is 22.5 Å². The summed E-state index contributed by atoms with van der Waals surface area (Å²) in [5.74, 6) is 0.659. The summed E-state index contributed by atoms with van der Waals surface area (Å²) >= 11 is 3.36. The quantitative estimate of drug-likeness (QED) is 0.220. The van der Waals surface area contributed by atoms with Crippen LogP contribution in [0.15, 0.2) is 46.0 Å². The molecule has 0 aliphatic rings. The van der Waals surface area contributed by atoms with Crippen LogP contribution in [0.25, 0.3) is 0 Å². The van der Waals surface area contributed by atoms with Gasteiger partial charge in [-0.05, 0) is 36.8 Å². The number of rotatable bonds is 7. The molecule has 0 bridgehead atoms. The molecule has 1 aromatic heterocycles. The van der Waals surface area contributed by atoms with Crippen molar-refractivity contribution in [1.29, 1.82) is 0 Å². The van der Waals surface area contributed by atoms with E-state index in [2.05, 4.69) is 42.0 Å². The Hall–Kier alpha value is -1.62. The van der Waals surface area contributed by atoms with Crippen molar-refractivity contribution in [2.75, 3.05) is 20.1 Å². The summed E-state index contributed by atoms with van der Waals surface area (Å²) in [5, 5.41) is 13.5. The first-order valence-corrected chi connectivity index (χ1v) is 8.84. The summed E-state index contributed by atoms with van der Waals surface area (Å²) in [6.45, 7) is 1.96. The fraction of sp³-hybridized carbons (Fsp3) is 0.353. The average Bonchev–Trinajstić information content (AvgIpc) is 3.02. The molecule has 0 saturated carbocycles. The van der Waals surface area contributed by atoms with Crippen LogP contribution >= 0.6 is 39.9 Å². The van der Waals surface area contributed by atoms with Crippen LogP contribution < -0.4 is 16.0 Å². The number of halogens is 2. The zero-order valence-electron chi connectivity index (χ0n) is 14.8. The van der Waals surface area contributed by atoms with E-state index in [0.29, 0.717) is 25.2 Å². The molecule has 1 aromatic carbocycles. The molecule has 2 aromatic rings. The lowest BCUT2D eigenvalue weighted by Gasteiger charge is -2.12. The van der Waals surface area contributed by atoms with Crippen molar-refractivity contribution in [3.63, 3.8) is 0 Å². The molecule has 1 heterocycles. The highest BCUT2D eigenvalue weighted by Crippen LogP contribution is 2.10. The summed E-state index contributed by atoms with van der Waals surface area (Å²) in [4.78, 5) is 16.2. The van der Waals surface area contributed by atoms with Crippen LogP contribution in [0.4, 0.5) is 0 Å². The lowest BCUT2D eigenvalue weighted by atomic mass is 10.2.